The molecule has 0 bridgehead atoms. The quantitative estimate of drug-likeness (QED) is 0.494. The van der Waals surface area contributed by atoms with Crippen molar-refractivity contribution < 1.29 is 0 Å². The standard InChI is InChI=1S/C21H23N5S.ClH/c1-13-12-23-20-19(24-16-10-6-5-9-15(16)22)25-17-11-18(27-21(17)26(13)20)14-7-3-2-4-8-14;/h2-4,7-8,11-12,15-16H,5-6,9-10,22H2,1H3,(H,24,25);1H/t15-,16-;/m0./s1. The maximum atomic E-state index is 6.35. The molecule has 0 aliphatic heterocycles. The van der Waals surface area contributed by atoms with Gasteiger partial charge in [0.15, 0.2) is 11.5 Å². The average Bonchev–Trinajstić information content (AvgIpc) is 3.28. The van der Waals surface area contributed by atoms with Crippen LogP contribution in [-0.4, -0.2) is 26.5 Å². The summed E-state index contributed by atoms with van der Waals surface area (Å²) in [5.74, 6) is 0.843. The van der Waals surface area contributed by atoms with Gasteiger partial charge in [0.25, 0.3) is 0 Å². The second-order valence-electron chi connectivity index (χ2n) is 7.39. The van der Waals surface area contributed by atoms with Crippen LogP contribution in [0, 0.1) is 6.92 Å². The molecule has 2 atom stereocenters. The number of anilines is 1. The van der Waals surface area contributed by atoms with Gasteiger partial charge >= 0.3 is 0 Å². The third-order valence-electron chi connectivity index (χ3n) is 5.48. The Morgan fingerprint density at radius 1 is 1.18 bits per heavy atom. The molecule has 1 aliphatic carbocycles. The van der Waals surface area contributed by atoms with Crippen LogP contribution < -0.4 is 11.1 Å². The molecule has 28 heavy (non-hydrogen) atoms. The van der Waals surface area contributed by atoms with Gasteiger partial charge in [-0.2, -0.15) is 0 Å². The van der Waals surface area contributed by atoms with E-state index in [2.05, 4.69) is 52.0 Å². The molecule has 7 heteroatoms. The Morgan fingerprint density at radius 2 is 1.96 bits per heavy atom. The Bertz CT molecular complexity index is 1100. The maximum absolute atomic E-state index is 6.35. The molecule has 3 aromatic heterocycles. The van der Waals surface area contributed by atoms with E-state index >= 15 is 0 Å². The molecule has 146 valence electrons. The molecule has 0 unspecified atom stereocenters. The summed E-state index contributed by atoms with van der Waals surface area (Å²) in [7, 11) is 0. The van der Waals surface area contributed by atoms with E-state index in [4.69, 9.17) is 10.7 Å². The highest BCUT2D eigenvalue weighted by Crippen LogP contribution is 2.35. The van der Waals surface area contributed by atoms with Crippen molar-refractivity contribution in [1.29, 1.82) is 0 Å². The molecule has 5 nitrogen and oxygen atoms in total. The van der Waals surface area contributed by atoms with E-state index in [9.17, 15) is 0 Å². The average molecular weight is 414 g/mol. The number of imidazole rings is 1. The lowest BCUT2D eigenvalue weighted by Gasteiger charge is -2.29. The molecule has 0 radical (unpaired) electrons. The fourth-order valence-electron chi connectivity index (χ4n) is 4.00. The zero-order valence-electron chi connectivity index (χ0n) is 15.8. The zero-order chi connectivity index (χ0) is 18.4. The van der Waals surface area contributed by atoms with Gasteiger partial charge in [-0.05, 0) is 31.4 Å². The normalized spacial score (nSPS) is 19.6. The first-order chi connectivity index (χ1) is 13.2. The first-order valence-electron chi connectivity index (χ1n) is 9.56. The number of hydrogen-bond donors (Lipinski definition) is 2. The lowest BCUT2D eigenvalue weighted by atomic mass is 9.91. The Hall–Kier alpha value is -2.15. The number of aromatic nitrogens is 3. The van der Waals surface area contributed by atoms with E-state index in [1.165, 1.54) is 23.3 Å². The topological polar surface area (TPSA) is 68.2 Å². The van der Waals surface area contributed by atoms with E-state index in [-0.39, 0.29) is 24.5 Å². The smallest absolute Gasteiger partial charge is 0.181 e. The minimum Gasteiger partial charge on any atom is -0.363 e. The largest absolute Gasteiger partial charge is 0.363 e. The molecule has 3 N–H and O–H groups in total. The van der Waals surface area contributed by atoms with E-state index in [1.54, 1.807) is 11.3 Å². The van der Waals surface area contributed by atoms with E-state index in [0.29, 0.717) is 0 Å². The SMILES string of the molecule is Cc1cnc2c(N[C@H]3CCCC[C@@H]3N)nc3cc(-c4ccccc4)sc3n12.Cl. The first-order valence-corrected chi connectivity index (χ1v) is 10.4. The van der Waals surface area contributed by atoms with E-state index < -0.39 is 0 Å². The maximum Gasteiger partial charge on any atom is 0.181 e. The fraction of sp³-hybridized carbons (Fsp3) is 0.333. The summed E-state index contributed by atoms with van der Waals surface area (Å²) in [4.78, 5) is 12.0. The number of nitrogens with two attached hydrogens (primary N) is 1. The Kier molecular flexibility index (Phi) is 5.27. The van der Waals surface area contributed by atoms with Crippen molar-refractivity contribution in [2.75, 3.05) is 5.32 Å². The molecule has 3 heterocycles. The highest BCUT2D eigenvalue weighted by molar-refractivity contribution is 7.21. The molecular formula is C21H24ClN5S. The summed E-state index contributed by atoms with van der Waals surface area (Å²) in [6.07, 6.45) is 6.51. The number of benzene rings is 1. The van der Waals surface area contributed by atoms with Crippen LogP contribution in [0.4, 0.5) is 5.82 Å². The van der Waals surface area contributed by atoms with Crippen LogP contribution in [0.15, 0.2) is 42.6 Å². The number of aryl methyl sites for hydroxylation is 1. The summed E-state index contributed by atoms with van der Waals surface area (Å²) in [5, 5.41) is 3.61. The van der Waals surface area contributed by atoms with Crippen LogP contribution in [0.5, 0.6) is 0 Å². The Labute approximate surface area is 174 Å². The number of hydrogen-bond acceptors (Lipinski definition) is 5. The van der Waals surface area contributed by atoms with Crippen molar-refractivity contribution in [2.45, 2.75) is 44.7 Å². The minimum atomic E-state index is 0. The van der Waals surface area contributed by atoms with Crippen molar-refractivity contribution in [1.82, 2.24) is 14.4 Å². The predicted molar refractivity (Wildman–Crippen MR) is 120 cm³/mol. The lowest BCUT2D eigenvalue weighted by Crippen LogP contribution is -2.42. The summed E-state index contributed by atoms with van der Waals surface area (Å²) in [6, 6.07) is 13.1. The third kappa shape index (κ3) is 3.26. The van der Waals surface area contributed by atoms with Crippen LogP contribution in [0.25, 0.3) is 26.4 Å². The zero-order valence-corrected chi connectivity index (χ0v) is 17.4. The number of halogens is 1. The fourth-order valence-corrected chi connectivity index (χ4v) is 5.16. The number of rotatable bonds is 3. The third-order valence-corrected chi connectivity index (χ3v) is 6.64. The van der Waals surface area contributed by atoms with Gasteiger partial charge in [-0.25, -0.2) is 9.97 Å². The van der Waals surface area contributed by atoms with Crippen LogP contribution in [-0.2, 0) is 0 Å². The lowest BCUT2D eigenvalue weighted by molar-refractivity contribution is 0.403. The highest BCUT2D eigenvalue weighted by Gasteiger charge is 2.24. The summed E-state index contributed by atoms with van der Waals surface area (Å²) in [6.45, 7) is 2.09. The highest BCUT2D eigenvalue weighted by atomic mass is 35.5. The molecule has 0 amide bonds. The Morgan fingerprint density at radius 3 is 2.75 bits per heavy atom. The van der Waals surface area contributed by atoms with Gasteiger partial charge in [0.05, 0.1) is 0 Å². The second-order valence-corrected chi connectivity index (χ2v) is 8.42. The van der Waals surface area contributed by atoms with Crippen molar-refractivity contribution in [3.05, 3.63) is 48.3 Å². The molecule has 0 spiro atoms. The van der Waals surface area contributed by atoms with Gasteiger partial charge in [0, 0.05) is 28.9 Å². The molecule has 1 saturated carbocycles. The number of nitrogens with zero attached hydrogens (tertiary/aromatic N) is 3. The Balaban J connectivity index is 0.00000192. The summed E-state index contributed by atoms with van der Waals surface area (Å²) in [5.41, 5.74) is 10.6. The first kappa shape index (κ1) is 19.2. The summed E-state index contributed by atoms with van der Waals surface area (Å²) >= 11 is 1.76. The molecule has 1 aliphatic rings. The second kappa shape index (κ2) is 7.70. The van der Waals surface area contributed by atoms with Crippen LogP contribution in [0.2, 0.25) is 0 Å². The monoisotopic (exact) mass is 413 g/mol. The molecule has 0 saturated heterocycles. The van der Waals surface area contributed by atoms with Crippen LogP contribution >= 0.6 is 23.7 Å². The molecule has 4 aromatic rings. The predicted octanol–water partition coefficient (Wildman–Crippen LogP) is 5.02. The van der Waals surface area contributed by atoms with Gasteiger partial charge in [0.2, 0.25) is 0 Å². The van der Waals surface area contributed by atoms with Gasteiger partial charge in [-0.15, -0.1) is 23.7 Å². The molecule has 1 fully saturated rings. The summed E-state index contributed by atoms with van der Waals surface area (Å²) < 4.78 is 2.22. The molecular weight excluding hydrogens is 390 g/mol. The van der Waals surface area contributed by atoms with Gasteiger partial charge in [0.1, 0.15) is 10.3 Å². The number of nitrogens with one attached hydrogen (secondary N) is 1. The number of fused-ring (bicyclic) bond motifs is 3. The molecule has 1 aromatic carbocycles. The van der Waals surface area contributed by atoms with Crippen LogP contribution in [0.1, 0.15) is 31.4 Å². The van der Waals surface area contributed by atoms with E-state index in [1.807, 2.05) is 12.3 Å². The van der Waals surface area contributed by atoms with Gasteiger partial charge in [-0.3, -0.25) is 4.40 Å². The minimum absolute atomic E-state index is 0. The van der Waals surface area contributed by atoms with Crippen molar-refractivity contribution in [2.24, 2.45) is 5.73 Å². The van der Waals surface area contributed by atoms with Gasteiger partial charge < -0.3 is 11.1 Å². The van der Waals surface area contributed by atoms with Crippen LogP contribution in [0.3, 0.4) is 0 Å². The van der Waals surface area contributed by atoms with Gasteiger partial charge in [-0.1, -0.05) is 43.2 Å². The number of thiophene rings is 1. The van der Waals surface area contributed by atoms with Crippen molar-refractivity contribution in [3.63, 3.8) is 0 Å². The van der Waals surface area contributed by atoms with Crippen molar-refractivity contribution in [3.8, 4) is 10.4 Å². The molecule has 5 rings (SSSR count). The van der Waals surface area contributed by atoms with E-state index in [0.717, 1.165) is 40.3 Å². The van der Waals surface area contributed by atoms with Crippen molar-refractivity contribution >= 4 is 45.6 Å².